The second-order valence-electron chi connectivity index (χ2n) is 8.58. The zero-order valence-corrected chi connectivity index (χ0v) is 18.4. The number of nitrogens with one attached hydrogen (secondary N) is 1. The predicted octanol–water partition coefficient (Wildman–Crippen LogP) is 1.84. The summed E-state index contributed by atoms with van der Waals surface area (Å²) in [5, 5.41) is 0.854. The summed E-state index contributed by atoms with van der Waals surface area (Å²) in [6, 6.07) is 4.85. The molecule has 0 spiro atoms. The van der Waals surface area contributed by atoms with Gasteiger partial charge in [0.15, 0.2) is 0 Å². The first-order valence-corrected chi connectivity index (χ1v) is 11.2. The number of aromatic nitrogens is 2. The minimum Gasteiger partial charge on any atom is -0.339 e. The highest BCUT2D eigenvalue weighted by Crippen LogP contribution is 2.31. The van der Waals surface area contributed by atoms with Gasteiger partial charge in [-0.25, -0.2) is 4.79 Å². The third-order valence-electron chi connectivity index (χ3n) is 6.62. The van der Waals surface area contributed by atoms with Gasteiger partial charge in [0.2, 0.25) is 11.8 Å². The van der Waals surface area contributed by atoms with Crippen molar-refractivity contribution in [2.24, 2.45) is 11.8 Å². The van der Waals surface area contributed by atoms with Crippen molar-refractivity contribution in [3.8, 4) is 0 Å². The van der Waals surface area contributed by atoms with Crippen molar-refractivity contribution in [2.75, 3.05) is 26.2 Å². The maximum Gasteiger partial charge on any atom is 0.328 e. The van der Waals surface area contributed by atoms with Crippen LogP contribution in [-0.2, 0) is 16.1 Å². The largest absolute Gasteiger partial charge is 0.339 e. The number of fused-ring (bicyclic) bond motifs is 1. The molecule has 0 radical (unpaired) electrons. The summed E-state index contributed by atoms with van der Waals surface area (Å²) in [7, 11) is 0. The van der Waals surface area contributed by atoms with Crippen LogP contribution in [0.15, 0.2) is 27.8 Å². The maximum absolute atomic E-state index is 12.9. The molecule has 9 heteroatoms. The maximum atomic E-state index is 12.9. The van der Waals surface area contributed by atoms with Crippen molar-refractivity contribution in [1.29, 1.82) is 0 Å². The summed E-state index contributed by atoms with van der Waals surface area (Å²) < 4.78 is 1.26. The van der Waals surface area contributed by atoms with E-state index in [-0.39, 0.29) is 29.2 Å². The monoisotopic (exact) mass is 446 g/mol. The third kappa shape index (κ3) is 4.54. The number of hydrogen-bond acceptors (Lipinski definition) is 4. The molecule has 2 amide bonds. The highest BCUT2D eigenvalue weighted by atomic mass is 35.5. The summed E-state index contributed by atoms with van der Waals surface area (Å²) in [6.07, 6.45) is 3.09. The Morgan fingerprint density at radius 1 is 1.03 bits per heavy atom. The van der Waals surface area contributed by atoms with Gasteiger partial charge in [-0.1, -0.05) is 11.6 Å². The lowest BCUT2D eigenvalue weighted by Crippen LogP contribution is -2.51. The Hall–Kier alpha value is -2.61. The molecule has 0 unspecified atom stereocenters. The van der Waals surface area contributed by atoms with Gasteiger partial charge in [0, 0.05) is 50.6 Å². The average molecular weight is 447 g/mol. The number of amides is 2. The Labute approximate surface area is 184 Å². The Balaban J connectivity index is 1.38. The van der Waals surface area contributed by atoms with E-state index in [9.17, 15) is 19.2 Å². The van der Waals surface area contributed by atoms with Crippen molar-refractivity contribution in [3.05, 3.63) is 44.1 Å². The highest BCUT2D eigenvalue weighted by Gasteiger charge is 2.31. The molecule has 1 aliphatic heterocycles. The number of carbonyl (C=O) groups is 2. The van der Waals surface area contributed by atoms with Crippen LogP contribution >= 0.6 is 11.6 Å². The van der Waals surface area contributed by atoms with E-state index in [4.69, 9.17) is 11.6 Å². The van der Waals surface area contributed by atoms with Gasteiger partial charge in [-0.3, -0.25) is 19.0 Å². The van der Waals surface area contributed by atoms with Gasteiger partial charge in [-0.15, -0.1) is 0 Å². The Morgan fingerprint density at radius 2 is 1.68 bits per heavy atom. The molecular weight excluding hydrogens is 420 g/mol. The van der Waals surface area contributed by atoms with Gasteiger partial charge in [0.05, 0.1) is 10.9 Å². The smallest absolute Gasteiger partial charge is 0.328 e. The molecule has 1 saturated heterocycles. The third-order valence-corrected chi connectivity index (χ3v) is 6.85. The molecule has 166 valence electrons. The standard InChI is InChI=1S/C22H27ClN4O4/c1-14(28)25-8-10-26(11-9-25)20(29)16-4-2-15(3-5-16)13-27-21(30)18-12-17(23)6-7-19(18)24-22(27)31/h6-7,12,15-16H,2-5,8-11,13H2,1H3,(H,24,31). The number of H-pyrrole nitrogens is 1. The van der Waals surface area contributed by atoms with Crippen molar-refractivity contribution >= 4 is 34.3 Å². The first-order chi connectivity index (χ1) is 14.8. The lowest BCUT2D eigenvalue weighted by atomic mass is 9.81. The SMILES string of the molecule is CC(=O)N1CCN(C(=O)C2CCC(Cn3c(=O)[nH]c4ccc(Cl)cc4c3=O)CC2)CC1. The van der Waals surface area contributed by atoms with E-state index in [0.717, 1.165) is 25.7 Å². The molecule has 2 heterocycles. The van der Waals surface area contributed by atoms with E-state index in [2.05, 4.69) is 4.98 Å². The molecular formula is C22H27ClN4O4. The summed E-state index contributed by atoms with van der Waals surface area (Å²) in [5.41, 5.74) is -0.265. The number of rotatable bonds is 3. The molecule has 2 fully saturated rings. The van der Waals surface area contributed by atoms with Gasteiger partial charge in [0.25, 0.3) is 5.56 Å². The van der Waals surface area contributed by atoms with Gasteiger partial charge < -0.3 is 14.8 Å². The Morgan fingerprint density at radius 3 is 2.32 bits per heavy atom. The second-order valence-corrected chi connectivity index (χ2v) is 9.02. The zero-order valence-electron chi connectivity index (χ0n) is 17.6. The van der Waals surface area contributed by atoms with Crippen molar-refractivity contribution in [2.45, 2.75) is 39.2 Å². The number of nitrogens with zero attached hydrogens (tertiary/aromatic N) is 3. The number of aromatic amines is 1. The van der Waals surface area contributed by atoms with Gasteiger partial charge in [-0.2, -0.15) is 0 Å². The van der Waals surface area contributed by atoms with Gasteiger partial charge >= 0.3 is 5.69 Å². The van der Waals surface area contributed by atoms with Crippen molar-refractivity contribution in [3.63, 3.8) is 0 Å². The quantitative estimate of drug-likeness (QED) is 0.778. The number of carbonyl (C=O) groups excluding carboxylic acids is 2. The first kappa shape index (κ1) is 21.6. The molecule has 4 rings (SSSR count). The van der Waals surface area contributed by atoms with Gasteiger partial charge in [-0.05, 0) is 49.8 Å². The average Bonchev–Trinajstić information content (AvgIpc) is 2.77. The molecule has 2 aromatic rings. The van der Waals surface area contributed by atoms with Crippen LogP contribution in [-0.4, -0.2) is 57.3 Å². The van der Waals surface area contributed by atoms with Crippen molar-refractivity contribution < 1.29 is 9.59 Å². The van der Waals surface area contributed by atoms with Crippen LogP contribution in [0.4, 0.5) is 0 Å². The zero-order chi connectivity index (χ0) is 22.1. The molecule has 1 N–H and O–H groups in total. The second kappa shape index (κ2) is 8.86. The summed E-state index contributed by atoms with van der Waals surface area (Å²) in [6.45, 7) is 4.25. The lowest BCUT2D eigenvalue weighted by Gasteiger charge is -2.37. The van der Waals surface area contributed by atoms with Crippen LogP contribution in [0, 0.1) is 11.8 Å². The minimum absolute atomic E-state index is 0.0226. The molecule has 2 aliphatic rings. The molecule has 8 nitrogen and oxygen atoms in total. The number of benzene rings is 1. The molecule has 1 aromatic carbocycles. The normalized spacial score (nSPS) is 22.0. The summed E-state index contributed by atoms with van der Waals surface area (Å²) >= 11 is 6.01. The fourth-order valence-electron chi connectivity index (χ4n) is 4.74. The topological polar surface area (TPSA) is 95.5 Å². The molecule has 1 aliphatic carbocycles. The molecule has 31 heavy (non-hydrogen) atoms. The summed E-state index contributed by atoms with van der Waals surface area (Å²) in [4.78, 5) is 56.0. The van der Waals surface area contributed by atoms with E-state index in [1.807, 2.05) is 4.90 Å². The minimum atomic E-state index is -0.415. The molecule has 1 aromatic heterocycles. The van der Waals surface area contributed by atoms with E-state index in [1.54, 1.807) is 30.0 Å². The number of piperazine rings is 1. The highest BCUT2D eigenvalue weighted by molar-refractivity contribution is 6.31. The van der Waals surface area contributed by atoms with Gasteiger partial charge in [0.1, 0.15) is 0 Å². The molecule has 1 saturated carbocycles. The Kier molecular flexibility index (Phi) is 6.18. The van der Waals surface area contributed by atoms with Crippen LogP contribution in [0.25, 0.3) is 10.9 Å². The predicted molar refractivity (Wildman–Crippen MR) is 118 cm³/mol. The van der Waals surface area contributed by atoms with Crippen LogP contribution in [0.2, 0.25) is 5.02 Å². The van der Waals surface area contributed by atoms with E-state index < -0.39 is 5.69 Å². The summed E-state index contributed by atoms with van der Waals surface area (Å²) in [5.74, 6) is 0.366. The molecule has 0 atom stereocenters. The van der Waals surface area contributed by atoms with Crippen LogP contribution < -0.4 is 11.2 Å². The fraction of sp³-hybridized carbons (Fsp3) is 0.545. The Bertz CT molecular complexity index is 1110. The van der Waals surface area contributed by atoms with Crippen LogP contribution in [0.3, 0.4) is 0 Å². The fourth-order valence-corrected chi connectivity index (χ4v) is 4.91. The van der Waals surface area contributed by atoms with Crippen LogP contribution in [0.5, 0.6) is 0 Å². The van der Waals surface area contributed by atoms with E-state index in [0.29, 0.717) is 48.6 Å². The van der Waals surface area contributed by atoms with E-state index >= 15 is 0 Å². The van der Waals surface area contributed by atoms with Crippen LogP contribution in [0.1, 0.15) is 32.6 Å². The number of halogens is 1. The molecule has 0 bridgehead atoms. The van der Waals surface area contributed by atoms with E-state index in [1.165, 1.54) is 4.57 Å². The van der Waals surface area contributed by atoms with Crippen molar-refractivity contribution in [1.82, 2.24) is 19.4 Å². The first-order valence-electron chi connectivity index (χ1n) is 10.8. The number of hydrogen-bond donors (Lipinski definition) is 1. The lowest BCUT2D eigenvalue weighted by molar-refractivity contribution is -0.142.